The number of fused-ring (bicyclic) bond motifs is 2. The molecule has 154 valence electrons. The van der Waals surface area contributed by atoms with Gasteiger partial charge in [-0.1, -0.05) is 41.4 Å². The molecule has 0 saturated heterocycles. The van der Waals surface area contributed by atoms with E-state index in [1.807, 2.05) is 69.3 Å². The SMILES string of the molecule is Cc1ccc(N2C(=O)c3oc4cc(C)c(C)cc4c(=O)c3C2c2cccc(Cl)c2)cc1. The molecular formula is C26H20ClNO3. The van der Waals surface area contributed by atoms with E-state index in [9.17, 15) is 9.59 Å². The Morgan fingerprint density at radius 2 is 1.61 bits per heavy atom. The Morgan fingerprint density at radius 3 is 2.32 bits per heavy atom. The van der Waals surface area contributed by atoms with Gasteiger partial charge in [-0.2, -0.15) is 0 Å². The predicted molar refractivity (Wildman–Crippen MR) is 123 cm³/mol. The first-order chi connectivity index (χ1) is 14.8. The van der Waals surface area contributed by atoms with E-state index in [1.54, 1.807) is 17.0 Å². The zero-order valence-electron chi connectivity index (χ0n) is 17.4. The van der Waals surface area contributed by atoms with Gasteiger partial charge in [0, 0.05) is 10.7 Å². The summed E-state index contributed by atoms with van der Waals surface area (Å²) in [7, 11) is 0. The number of anilines is 1. The normalized spacial score (nSPS) is 15.5. The van der Waals surface area contributed by atoms with Gasteiger partial charge in [-0.3, -0.25) is 14.5 Å². The average Bonchev–Trinajstić information content (AvgIpc) is 3.03. The van der Waals surface area contributed by atoms with Crippen molar-refractivity contribution in [2.24, 2.45) is 0 Å². The molecule has 2 heterocycles. The lowest BCUT2D eigenvalue weighted by atomic mass is 9.97. The molecule has 1 aliphatic rings. The fourth-order valence-electron chi connectivity index (χ4n) is 4.19. The molecule has 4 aromatic rings. The number of carbonyl (C=O) groups is 1. The van der Waals surface area contributed by atoms with Gasteiger partial charge in [0.1, 0.15) is 5.58 Å². The molecule has 0 aliphatic carbocycles. The highest BCUT2D eigenvalue weighted by atomic mass is 35.5. The molecule has 31 heavy (non-hydrogen) atoms. The highest BCUT2D eigenvalue weighted by Gasteiger charge is 2.43. The topological polar surface area (TPSA) is 50.5 Å². The van der Waals surface area contributed by atoms with Crippen molar-refractivity contribution in [1.29, 1.82) is 0 Å². The van der Waals surface area contributed by atoms with Crippen LogP contribution in [0.3, 0.4) is 0 Å². The summed E-state index contributed by atoms with van der Waals surface area (Å²) in [6.07, 6.45) is 0. The lowest BCUT2D eigenvalue weighted by molar-refractivity contribution is 0.0971. The number of aryl methyl sites for hydroxylation is 3. The number of hydrogen-bond donors (Lipinski definition) is 0. The van der Waals surface area contributed by atoms with Crippen molar-refractivity contribution < 1.29 is 9.21 Å². The van der Waals surface area contributed by atoms with Crippen LogP contribution in [0.5, 0.6) is 0 Å². The maximum Gasteiger partial charge on any atom is 0.295 e. The third kappa shape index (κ3) is 3.06. The third-order valence-electron chi connectivity index (χ3n) is 5.96. The van der Waals surface area contributed by atoms with Crippen molar-refractivity contribution in [3.63, 3.8) is 0 Å². The van der Waals surface area contributed by atoms with E-state index in [1.165, 1.54) is 0 Å². The lowest BCUT2D eigenvalue weighted by Gasteiger charge is -2.25. The van der Waals surface area contributed by atoms with E-state index < -0.39 is 6.04 Å². The van der Waals surface area contributed by atoms with Crippen LogP contribution in [0.25, 0.3) is 11.0 Å². The molecule has 1 amide bonds. The van der Waals surface area contributed by atoms with Crippen LogP contribution in [0.1, 0.15) is 44.4 Å². The van der Waals surface area contributed by atoms with Gasteiger partial charge in [-0.05, 0) is 73.9 Å². The van der Waals surface area contributed by atoms with Crippen LogP contribution in [-0.4, -0.2) is 5.91 Å². The molecule has 1 aliphatic heterocycles. The van der Waals surface area contributed by atoms with Gasteiger partial charge in [-0.25, -0.2) is 0 Å². The summed E-state index contributed by atoms with van der Waals surface area (Å²) in [5, 5.41) is 1.02. The number of amides is 1. The number of nitrogens with zero attached hydrogens (tertiary/aromatic N) is 1. The summed E-state index contributed by atoms with van der Waals surface area (Å²) < 4.78 is 6.07. The zero-order valence-corrected chi connectivity index (χ0v) is 18.2. The summed E-state index contributed by atoms with van der Waals surface area (Å²) in [6, 6.07) is 18.0. The molecule has 1 aromatic heterocycles. The maximum atomic E-state index is 13.7. The van der Waals surface area contributed by atoms with Crippen LogP contribution in [0.4, 0.5) is 5.69 Å². The Bertz CT molecular complexity index is 1420. The number of rotatable bonds is 2. The Balaban J connectivity index is 1.83. The smallest absolute Gasteiger partial charge is 0.295 e. The minimum absolute atomic E-state index is 0.0892. The van der Waals surface area contributed by atoms with Gasteiger partial charge >= 0.3 is 0 Å². The molecule has 5 heteroatoms. The standard InChI is InChI=1S/C26H20ClNO3/c1-14-7-9-19(10-8-14)28-23(17-5-4-6-18(27)13-17)22-24(29)20-11-15(2)16(3)12-21(20)31-25(22)26(28)30/h4-13,23H,1-3H3. The molecule has 0 saturated carbocycles. The van der Waals surface area contributed by atoms with Crippen molar-refractivity contribution in [2.75, 3.05) is 4.90 Å². The van der Waals surface area contributed by atoms with E-state index in [4.69, 9.17) is 16.0 Å². The number of halogens is 1. The molecule has 5 rings (SSSR count). The van der Waals surface area contributed by atoms with Gasteiger partial charge in [-0.15, -0.1) is 0 Å². The van der Waals surface area contributed by atoms with Crippen molar-refractivity contribution in [1.82, 2.24) is 0 Å². The third-order valence-corrected chi connectivity index (χ3v) is 6.20. The van der Waals surface area contributed by atoms with Crippen LogP contribution in [0.2, 0.25) is 5.02 Å². The Kier molecular flexibility index (Phi) is 4.49. The van der Waals surface area contributed by atoms with Gasteiger partial charge in [0.05, 0.1) is 17.0 Å². The second-order valence-electron chi connectivity index (χ2n) is 8.07. The largest absolute Gasteiger partial charge is 0.450 e. The van der Waals surface area contributed by atoms with Crippen molar-refractivity contribution in [2.45, 2.75) is 26.8 Å². The molecule has 1 unspecified atom stereocenters. The Labute approximate surface area is 184 Å². The molecule has 0 radical (unpaired) electrons. The first kappa shape index (κ1) is 19.6. The van der Waals surface area contributed by atoms with E-state index in [-0.39, 0.29) is 17.1 Å². The molecule has 0 fully saturated rings. The summed E-state index contributed by atoms with van der Waals surface area (Å²) >= 11 is 6.27. The highest BCUT2D eigenvalue weighted by Crippen LogP contribution is 2.41. The van der Waals surface area contributed by atoms with Crippen molar-refractivity contribution >= 4 is 34.2 Å². The van der Waals surface area contributed by atoms with Crippen molar-refractivity contribution in [3.8, 4) is 0 Å². The van der Waals surface area contributed by atoms with Gasteiger partial charge < -0.3 is 4.42 Å². The van der Waals surface area contributed by atoms with Crippen molar-refractivity contribution in [3.05, 3.63) is 109 Å². The Hall–Kier alpha value is -3.37. The second kappa shape index (κ2) is 7.10. The molecule has 1 atom stereocenters. The van der Waals surface area contributed by atoms with Crippen LogP contribution in [0, 0.1) is 20.8 Å². The maximum absolute atomic E-state index is 13.7. The molecule has 0 N–H and O–H groups in total. The van der Waals surface area contributed by atoms with Crippen LogP contribution < -0.4 is 10.3 Å². The molecule has 0 bridgehead atoms. The fourth-order valence-corrected chi connectivity index (χ4v) is 4.39. The van der Waals surface area contributed by atoms with Gasteiger partial charge in [0.25, 0.3) is 5.91 Å². The minimum atomic E-state index is -0.619. The highest BCUT2D eigenvalue weighted by molar-refractivity contribution is 6.30. The quantitative estimate of drug-likeness (QED) is 0.385. The number of benzene rings is 3. The van der Waals surface area contributed by atoms with Crippen LogP contribution >= 0.6 is 11.6 Å². The average molecular weight is 430 g/mol. The lowest BCUT2D eigenvalue weighted by Crippen LogP contribution is -2.29. The summed E-state index contributed by atoms with van der Waals surface area (Å²) in [4.78, 5) is 28.8. The van der Waals surface area contributed by atoms with E-state index in [2.05, 4.69) is 0 Å². The zero-order chi connectivity index (χ0) is 21.9. The van der Waals surface area contributed by atoms with Crippen LogP contribution in [0.15, 0.2) is 69.9 Å². The summed E-state index contributed by atoms with van der Waals surface area (Å²) in [5.41, 5.74) is 5.13. The number of carbonyl (C=O) groups excluding carboxylic acids is 1. The Morgan fingerprint density at radius 1 is 0.903 bits per heavy atom. The monoisotopic (exact) mass is 429 g/mol. The first-order valence-electron chi connectivity index (χ1n) is 10.1. The molecule has 0 spiro atoms. The first-order valence-corrected chi connectivity index (χ1v) is 10.5. The van der Waals surface area contributed by atoms with Gasteiger partial charge in [0.15, 0.2) is 5.43 Å². The molecule has 3 aromatic carbocycles. The minimum Gasteiger partial charge on any atom is -0.450 e. The van der Waals surface area contributed by atoms with E-state index in [0.29, 0.717) is 27.2 Å². The summed E-state index contributed by atoms with van der Waals surface area (Å²) in [5.74, 6) is -0.243. The fraction of sp³-hybridized carbons (Fsp3) is 0.154. The van der Waals surface area contributed by atoms with E-state index >= 15 is 0 Å². The number of hydrogen-bond acceptors (Lipinski definition) is 3. The predicted octanol–water partition coefficient (Wildman–Crippen LogP) is 6.12. The molecule has 4 nitrogen and oxygen atoms in total. The second-order valence-corrected chi connectivity index (χ2v) is 8.51. The van der Waals surface area contributed by atoms with Crippen LogP contribution in [-0.2, 0) is 0 Å². The molecular weight excluding hydrogens is 410 g/mol. The summed E-state index contributed by atoms with van der Waals surface area (Å²) in [6.45, 7) is 5.90. The van der Waals surface area contributed by atoms with Gasteiger partial charge in [0.2, 0.25) is 5.76 Å². The van der Waals surface area contributed by atoms with E-state index in [0.717, 1.165) is 22.3 Å².